The number of ether oxygens (including phenoxy) is 1. The summed E-state index contributed by atoms with van der Waals surface area (Å²) in [7, 11) is 1.41. The van der Waals surface area contributed by atoms with E-state index in [0.29, 0.717) is 25.2 Å². The van der Waals surface area contributed by atoms with Crippen LogP contribution in [0.3, 0.4) is 0 Å². The smallest absolute Gasteiger partial charge is 0.475 e. The summed E-state index contributed by atoms with van der Waals surface area (Å²) < 4.78 is 69.2. The first kappa shape index (κ1) is 27.0. The number of fused-ring (bicyclic) bond motifs is 1. The Morgan fingerprint density at radius 2 is 1.86 bits per heavy atom. The quantitative estimate of drug-likeness (QED) is 0.462. The normalized spacial score (nSPS) is 15.8. The molecule has 0 radical (unpaired) electrons. The van der Waals surface area contributed by atoms with Crippen LogP contribution in [0.4, 0.5) is 22.0 Å². The van der Waals surface area contributed by atoms with E-state index in [1.807, 2.05) is 25.1 Å². The second-order valence-corrected chi connectivity index (χ2v) is 7.93. The fourth-order valence-electron chi connectivity index (χ4n) is 3.62. The number of imidazole rings is 1. The highest BCUT2D eigenvalue weighted by molar-refractivity contribution is 5.94. The van der Waals surface area contributed by atoms with Crippen molar-refractivity contribution in [2.45, 2.75) is 25.7 Å². The Labute approximate surface area is 202 Å². The van der Waals surface area contributed by atoms with E-state index in [-0.39, 0.29) is 23.1 Å². The Morgan fingerprint density at radius 1 is 1.22 bits per heavy atom. The number of carboxylic acid groups (broad SMARTS) is 1. The predicted molar refractivity (Wildman–Crippen MR) is 120 cm³/mol. The molecule has 0 spiro atoms. The highest BCUT2D eigenvalue weighted by Crippen LogP contribution is 2.31. The van der Waals surface area contributed by atoms with Crippen LogP contribution in [0.15, 0.2) is 30.3 Å². The molecule has 3 aromatic rings. The minimum absolute atomic E-state index is 0.0791. The minimum atomic E-state index is -5.08. The maximum atomic E-state index is 14.9. The zero-order valence-electron chi connectivity index (χ0n) is 19.2. The van der Waals surface area contributed by atoms with Gasteiger partial charge in [0, 0.05) is 25.7 Å². The summed E-state index contributed by atoms with van der Waals surface area (Å²) in [5.41, 5.74) is 2.09. The maximum Gasteiger partial charge on any atom is 0.490 e. The number of amides is 1. The van der Waals surface area contributed by atoms with E-state index < -0.39 is 29.7 Å². The van der Waals surface area contributed by atoms with Crippen LogP contribution < -0.4 is 10.6 Å². The highest BCUT2D eigenvalue weighted by Gasteiger charge is 2.38. The molecule has 8 nitrogen and oxygen atoms in total. The number of carboxylic acids is 1. The van der Waals surface area contributed by atoms with E-state index in [1.54, 1.807) is 4.57 Å². The van der Waals surface area contributed by atoms with Crippen LogP contribution in [0.25, 0.3) is 22.4 Å². The molecule has 1 atom stereocenters. The van der Waals surface area contributed by atoms with E-state index in [4.69, 9.17) is 14.6 Å². The van der Waals surface area contributed by atoms with Gasteiger partial charge in [0.05, 0.1) is 35.9 Å². The molecule has 3 N–H and O–H groups in total. The van der Waals surface area contributed by atoms with Crippen LogP contribution in [0, 0.1) is 18.6 Å². The van der Waals surface area contributed by atoms with E-state index >= 15 is 0 Å². The van der Waals surface area contributed by atoms with Crippen molar-refractivity contribution < 1.29 is 41.4 Å². The lowest BCUT2D eigenvalue weighted by molar-refractivity contribution is -0.192. The number of nitrogens with one attached hydrogen (secondary N) is 2. The molecule has 1 aliphatic heterocycles. The second kappa shape index (κ2) is 11.0. The topological polar surface area (TPSA) is 105 Å². The summed E-state index contributed by atoms with van der Waals surface area (Å²) in [5, 5.41) is 12.8. The Balaban J connectivity index is 0.000000454. The molecule has 1 fully saturated rings. The number of halogens is 5. The molecule has 2 heterocycles. The fourth-order valence-corrected chi connectivity index (χ4v) is 3.62. The van der Waals surface area contributed by atoms with Gasteiger partial charge < -0.3 is 25.0 Å². The molecule has 0 aliphatic carbocycles. The lowest BCUT2D eigenvalue weighted by Gasteiger charge is -2.25. The van der Waals surface area contributed by atoms with Gasteiger partial charge in [0.15, 0.2) is 0 Å². The van der Waals surface area contributed by atoms with Crippen LogP contribution in [-0.2, 0) is 16.1 Å². The third kappa shape index (κ3) is 6.15. The summed E-state index contributed by atoms with van der Waals surface area (Å²) in [6.07, 6.45) is -5.22. The van der Waals surface area contributed by atoms with Gasteiger partial charge in [0.25, 0.3) is 5.91 Å². The van der Waals surface area contributed by atoms with Gasteiger partial charge in [-0.2, -0.15) is 13.2 Å². The molecular formula is C23H23F5N4O4. The van der Waals surface area contributed by atoms with Gasteiger partial charge in [0.1, 0.15) is 17.5 Å². The average molecular weight is 514 g/mol. The molecule has 0 bridgehead atoms. The highest BCUT2D eigenvalue weighted by atomic mass is 19.4. The monoisotopic (exact) mass is 514 g/mol. The number of carbonyl (C=O) groups is 2. The van der Waals surface area contributed by atoms with Crippen molar-refractivity contribution in [1.29, 1.82) is 0 Å². The van der Waals surface area contributed by atoms with Gasteiger partial charge in [0.2, 0.25) is 0 Å². The van der Waals surface area contributed by atoms with Crippen molar-refractivity contribution in [2.75, 3.05) is 26.7 Å². The van der Waals surface area contributed by atoms with E-state index in [0.717, 1.165) is 29.8 Å². The minimum Gasteiger partial charge on any atom is -0.475 e. The van der Waals surface area contributed by atoms with E-state index in [9.17, 15) is 26.7 Å². The third-order valence-electron chi connectivity index (χ3n) is 5.29. The van der Waals surface area contributed by atoms with Crippen LogP contribution >= 0.6 is 0 Å². The zero-order valence-corrected chi connectivity index (χ0v) is 19.2. The molecule has 4 rings (SSSR count). The standard InChI is InChI=1S/C21H22F2N4O2.C2HF3O2/c1-12-3-4-18-17(7-12)26-20(27(18)11-14-10-25-5-6-29-14)19-15(22)8-13(9-16(19)23)21(28)24-2;3-2(4,5)1(6)7/h3-4,7-9,14,25H,5-6,10-11H2,1-2H3,(H,24,28);(H,6,7)/t14-;/m0./s1. The maximum absolute atomic E-state index is 14.9. The Hall–Kier alpha value is -3.58. The van der Waals surface area contributed by atoms with Crippen molar-refractivity contribution in [3.8, 4) is 11.4 Å². The van der Waals surface area contributed by atoms with Crippen LogP contribution in [-0.4, -0.2) is 65.6 Å². The molecule has 36 heavy (non-hydrogen) atoms. The first-order chi connectivity index (χ1) is 16.9. The molecule has 0 unspecified atom stereocenters. The molecule has 194 valence electrons. The van der Waals surface area contributed by atoms with Gasteiger partial charge in [-0.05, 0) is 36.8 Å². The van der Waals surface area contributed by atoms with E-state index in [2.05, 4.69) is 15.6 Å². The number of rotatable bonds is 4. The molecule has 1 amide bonds. The summed E-state index contributed by atoms with van der Waals surface area (Å²) in [4.78, 5) is 25.2. The number of aryl methyl sites for hydroxylation is 1. The number of carbonyl (C=O) groups excluding carboxylic acids is 1. The summed E-state index contributed by atoms with van der Waals surface area (Å²) in [6.45, 7) is 4.34. The van der Waals surface area contributed by atoms with Gasteiger partial charge in [-0.25, -0.2) is 18.6 Å². The lowest BCUT2D eigenvalue weighted by Crippen LogP contribution is -2.40. The van der Waals surface area contributed by atoms with Crippen molar-refractivity contribution in [3.05, 3.63) is 53.1 Å². The van der Waals surface area contributed by atoms with Gasteiger partial charge in [-0.1, -0.05) is 6.07 Å². The Morgan fingerprint density at radius 3 is 2.39 bits per heavy atom. The second-order valence-electron chi connectivity index (χ2n) is 7.93. The first-order valence-corrected chi connectivity index (χ1v) is 10.7. The molecule has 13 heteroatoms. The van der Waals surface area contributed by atoms with Crippen LogP contribution in [0.1, 0.15) is 15.9 Å². The van der Waals surface area contributed by atoms with Gasteiger partial charge in [-0.3, -0.25) is 4.79 Å². The average Bonchev–Trinajstić information content (AvgIpc) is 3.15. The number of morpholine rings is 1. The molecule has 0 saturated carbocycles. The third-order valence-corrected chi connectivity index (χ3v) is 5.29. The Bertz CT molecular complexity index is 1250. The largest absolute Gasteiger partial charge is 0.490 e. The zero-order chi connectivity index (χ0) is 26.6. The first-order valence-electron chi connectivity index (χ1n) is 10.7. The van der Waals surface area contributed by atoms with Gasteiger partial charge >= 0.3 is 12.1 Å². The van der Waals surface area contributed by atoms with Crippen molar-refractivity contribution in [1.82, 2.24) is 20.2 Å². The predicted octanol–water partition coefficient (Wildman–Crippen LogP) is 3.27. The number of aliphatic carboxylic acids is 1. The Kier molecular flexibility index (Phi) is 8.25. The summed E-state index contributed by atoms with van der Waals surface area (Å²) in [6, 6.07) is 7.78. The SMILES string of the molecule is CNC(=O)c1cc(F)c(-c2nc3cc(C)ccc3n2C[C@@H]2CNCCO2)c(F)c1.O=C(O)C(F)(F)F. The van der Waals surface area contributed by atoms with Crippen LogP contribution in [0.2, 0.25) is 0 Å². The lowest BCUT2D eigenvalue weighted by atomic mass is 10.1. The van der Waals surface area contributed by atoms with Gasteiger partial charge in [-0.15, -0.1) is 0 Å². The molecular weight excluding hydrogens is 491 g/mol. The number of alkyl halides is 3. The number of hydrogen-bond acceptors (Lipinski definition) is 5. The molecule has 2 aromatic carbocycles. The van der Waals surface area contributed by atoms with Crippen LogP contribution in [0.5, 0.6) is 0 Å². The molecule has 1 saturated heterocycles. The molecule has 1 aromatic heterocycles. The fraction of sp³-hybridized carbons (Fsp3) is 0.348. The summed E-state index contributed by atoms with van der Waals surface area (Å²) in [5.74, 6) is -4.80. The number of benzene rings is 2. The number of hydrogen-bond donors (Lipinski definition) is 3. The van der Waals surface area contributed by atoms with Crippen molar-refractivity contribution in [3.63, 3.8) is 0 Å². The van der Waals surface area contributed by atoms with Crippen molar-refractivity contribution >= 4 is 22.9 Å². The number of aromatic nitrogens is 2. The van der Waals surface area contributed by atoms with Crippen molar-refractivity contribution in [2.24, 2.45) is 0 Å². The number of nitrogens with zero attached hydrogens (tertiary/aromatic N) is 2. The van der Waals surface area contributed by atoms with E-state index in [1.165, 1.54) is 7.05 Å². The molecule has 1 aliphatic rings. The summed E-state index contributed by atoms with van der Waals surface area (Å²) >= 11 is 0.